The highest BCUT2D eigenvalue weighted by atomic mass is 19.4. The van der Waals surface area contributed by atoms with Crippen LogP contribution in [0.1, 0.15) is 54.3 Å². The number of likely N-dealkylation sites (tertiary alicyclic amines) is 2. The molecule has 2 bridgehead atoms. The van der Waals surface area contributed by atoms with Crippen molar-refractivity contribution in [3.8, 4) is 11.1 Å². The van der Waals surface area contributed by atoms with Crippen molar-refractivity contribution >= 4 is 12.0 Å². The first-order chi connectivity index (χ1) is 15.7. The number of carboxylic acid groups (broad SMARTS) is 1. The molecule has 2 fully saturated rings. The molecule has 5 rings (SSSR count). The predicted molar refractivity (Wildman–Crippen MR) is 116 cm³/mol. The lowest BCUT2D eigenvalue weighted by molar-refractivity contribution is -0.141. The van der Waals surface area contributed by atoms with Gasteiger partial charge in [0, 0.05) is 25.6 Å². The van der Waals surface area contributed by atoms with E-state index in [0.717, 1.165) is 36.1 Å². The van der Waals surface area contributed by atoms with E-state index in [0.29, 0.717) is 44.0 Å². The first-order valence-corrected chi connectivity index (χ1v) is 11.3. The summed E-state index contributed by atoms with van der Waals surface area (Å²) < 4.78 is 38.7. The number of piperidine rings is 2. The number of carbonyl (C=O) groups is 2. The molecule has 8 heteroatoms. The first kappa shape index (κ1) is 21.8. The van der Waals surface area contributed by atoms with E-state index in [9.17, 15) is 22.8 Å². The van der Waals surface area contributed by atoms with Gasteiger partial charge in [0.2, 0.25) is 5.91 Å². The zero-order valence-electron chi connectivity index (χ0n) is 18.0. The minimum atomic E-state index is -4.37. The van der Waals surface area contributed by atoms with Crippen molar-refractivity contribution in [1.82, 2.24) is 9.80 Å². The van der Waals surface area contributed by atoms with Crippen molar-refractivity contribution in [2.24, 2.45) is 5.92 Å². The van der Waals surface area contributed by atoms with Gasteiger partial charge in [0.05, 0.1) is 11.6 Å². The fraction of sp³-hybridized carbons (Fsp3) is 0.440. The van der Waals surface area contributed by atoms with E-state index in [1.807, 2.05) is 17.0 Å². The van der Waals surface area contributed by atoms with Gasteiger partial charge in [0.25, 0.3) is 0 Å². The molecule has 2 aromatic carbocycles. The summed E-state index contributed by atoms with van der Waals surface area (Å²) in [6, 6.07) is 11.2. The maximum Gasteiger partial charge on any atom is 0.416 e. The molecule has 174 valence electrons. The predicted octanol–water partition coefficient (Wildman–Crippen LogP) is 5.52. The lowest BCUT2D eigenvalue weighted by Crippen LogP contribution is -2.46. The minimum Gasteiger partial charge on any atom is -0.465 e. The summed E-state index contributed by atoms with van der Waals surface area (Å²) in [5.41, 5.74) is 3.20. The summed E-state index contributed by atoms with van der Waals surface area (Å²) in [5.74, 6) is 0.320. The van der Waals surface area contributed by atoms with Crippen LogP contribution in [0.5, 0.6) is 0 Å². The molecule has 2 amide bonds. The summed E-state index contributed by atoms with van der Waals surface area (Å²) in [5, 5.41) is 9.16. The molecular formula is C25H25F3N2O3. The molecule has 1 N–H and O–H groups in total. The Hall–Kier alpha value is -3.03. The van der Waals surface area contributed by atoms with Gasteiger partial charge in [-0.25, -0.2) is 4.79 Å². The third-order valence-corrected chi connectivity index (χ3v) is 7.43. The van der Waals surface area contributed by atoms with Crippen LogP contribution in [0.2, 0.25) is 0 Å². The normalized spacial score (nSPS) is 22.9. The highest BCUT2D eigenvalue weighted by Gasteiger charge is 2.43. The Bertz CT molecular complexity index is 1080. The minimum absolute atomic E-state index is 0.0295. The number of carbonyl (C=O) groups excluding carboxylic acids is 1. The smallest absolute Gasteiger partial charge is 0.416 e. The number of alkyl halides is 3. The third-order valence-electron chi connectivity index (χ3n) is 7.43. The van der Waals surface area contributed by atoms with Gasteiger partial charge in [-0.1, -0.05) is 24.3 Å². The summed E-state index contributed by atoms with van der Waals surface area (Å²) in [6.45, 7) is 1.43. The van der Waals surface area contributed by atoms with Gasteiger partial charge >= 0.3 is 12.3 Å². The molecule has 5 nitrogen and oxygen atoms in total. The quantitative estimate of drug-likeness (QED) is 0.644. The Labute approximate surface area is 189 Å². The van der Waals surface area contributed by atoms with Gasteiger partial charge in [0.15, 0.2) is 0 Å². The van der Waals surface area contributed by atoms with Crippen molar-refractivity contribution in [2.45, 2.75) is 43.8 Å². The van der Waals surface area contributed by atoms with Crippen LogP contribution in [0.3, 0.4) is 0 Å². The number of hydrogen-bond donors (Lipinski definition) is 1. The lowest BCUT2D eigenvalue weighted by atomic mass is 9.91. The van der Waals surface area contributed by atoms with Crippen LogP contribution in [-0.4, -0.2) is 46.5 Å². The molecule has 2 atom stereocenters. The maximum absolute atomic E-state index is 13.4. The maximum atomic E-state index is 13.4. The number of halogens is 3. The van der Waals surface area contributed by atoms with Crippen LogP contribution >= 0.6 is 0 Å². The highest BCUT2D eigenvalue weighted by molar-refractivity contribution is 5.80. The Morgan fingerprint density at radius 1 is 0.879 bits per heavy atom. The van der Waals surface area contributed by atoms with E-state index in [4.69, 9.17) is 5.11 Å². The zero-order valence-corrected chi connectivity index (χ0v) is 18.0. The molecule has 0 radical (unpaired) electrons. The van der Waals surface area contributed by atoms with E-state index < -0.39 is 17.8 Å². The topological polar surface area (TPSA) is 60.9 Å². The SMILES string of the molecule is O=C(O)N1CCC(C(=O)N2CC[C@@H]3C[C@H]2c2cc(-c4ccc(C(F)(F)F)cc4)ccc23)CC1. The number of amides is 2. The number of rotatable bonds is 2. The van der Waals surface area contributed by atoms with Crippen molar-refractivity contribution in [3.05, 3.63) is 59.2 Å². The van der Waals surface area contributed by atoms with Crippen molar-refractivity contribution in [3.63, 3.8) is 0 Å². The lowest BCUT2D eigenvalue weighted by Gasteiger charge is -2.38. The Balaban J connectivity index is 1.37. The fourth-order valence-corrected chi connectivity index (χ4v) is 5.63. The monoisotopic (exact) mass is 458 g/mol. The summed E-state index contributed by atoms with van der Waals surface area (Å²) in [6.07, 6.45) is -2.47. The number of nitrogens with zero attached hydrogens (tertiary/aromatic N) is 2. The Morgan fingerprint density at radius 2 is 1.55 bits per heavy atom. The Morgan fingerprint density at radius 3 is 2.18 bits per heavy atom. The molecule has 3 aliphatic rings. The first-order valence-electron chi connectivity index (χ1n) is 11.3. The molecular weight excluding hydrogens is 433 g/mol. The average Bonchev–Trinajstić information content (AvgIpc) is 3.09. The second-order valence-electron chi connectivity index (χ2n) is 9.23. The number of benzene rings is 2. The van der Waals surface area contributed by atoms with Gasteiger partial charge in [-0.05, 0) is 72.1 Å². The second-order valence-corrected chi connectivity index (χ2v) is 9.23. The molecule has 0 unspecified atom stereocenters. The van der Waals surface area contributed by atoms with Gasteiger partial charge < -0.3 is 14.9 Å². The van der Waals surface area contributed by atoms with Crippen LogP contribution in [0.15, 0.2) is 42.5 Å². The third kappa shape index (κ3) is 3.96. The summed E-state index contributed by atoms with van der Waals surface area (Å²) in [4.78, 5) is 27.8. The van der Waals surface area contributed by atoms with Crippen LogP contribution in [0.4, 0.5) is 18.0 Å². The molecule has 0 aromatic heterocycles. The van der Waals surface area contributed by atoms with Crippen LogP contribution < -0.4 is 0 Å². The van der Waals surface area contributed by atoms with Gasteiger partial charge in [-0.15, -0.1) is 0 Å². The van der Waals surface area contributed by atoms with Crippen molar-refractivity contribution in [2.75, 3.05) is 19.6 Å². The molecule has 0 spiro atoms. The van der Waals surface area contributed by atoms with E-state index in [1.54, 1.807) is 0 Å². The summed E-state index contributed by atoms with van der Waals surface area (Å²) >= 11 is 0. The van der Waals surface area contributed by atoms with Crippen LogP contribution in [0.25, 0.3) is 11.1 Å². The fourth-order valence-electron chi connectivity index (χ4n) is 5.63. The van der Waals surface area contributed by atoms with E-state index in [1.165, 1.54) is 22.6 Å². The summed E-state index contributed by atoms with van der Waals surface area (Å²) in [7, 11) is 0. The van der Waals surface area contributed by atoms with Gasteiger partial charge in [0.1, 0.15) is 0 Å². The number of fused-ring (bicyclic) bond motifs is 5. The molecule has 1 aliphatic carbocycles. The van der Waals surface area contributed by atoms with E-state index in [-0.39, 0.29) is 17.9 Å². The molecule has 2 aliphatic heterocycles. The van der Waals surface area contributed by atoms with E-state index in [2.05, 4.69) is 6.07 Å². The molecule has 2 saturated heterocycles. The molecule has 2 aromatic rings. The standard InChI is InChI=1S/C25H25F3N2O3/c26-25(27,28)19-4-1-15(2-5-19)17-3-6-20-18-9-12-30(22(14-18)21(20)13-17)23(31)16-7-10-29(11-8-16)24(32)33/h1-6,13,16,18,22H,7-12,14H2,(H,32,33)/t18-,22+/m1/s1. The van der Waals surface area contributed by atoms with Gasteiger partial charge in [-0.2, -0.15) is 13.2 Å². The molecule has 2 heterocycles. The van der Waals surface area contributed by atoms with Crippen molar-refractivity contribution in [1.29, 1.82) is 0 Å². The largest absolute Gasteiger partial charge is 0.465 e. The van der Waals surface area contributed by atoms with Crippen LogP contribution in [0, 0.1) is 5.92 Å². The second kappa shape index (κ2) is 8.08. The molecule has 33 heavy (non-hydrogen) atoms. The highest BCUT2D eigenvalue weighted by Crippen LogP contribution is 2.50. The average molecular weight is 458 g/mol. The zero-order chi connectivity index (χ0) is 23.3. The number of hydrogen-bond acceptors (Lipinski definition) is 2. The van der Waals surface area contributed by atoms with Crippen LogP contribution in [-0.2, 0) is 11.0 Å². The van der Waals surface area contributed by atoms with Crippen molar-refractivity contribution < 1.29 is 27.9 Å². The Kier molecular flexibility index (Phi) is 5.34. The van der Waals surface area contributed by atoms with E-state index >= 15 is 0 Å². The van der Waals surface area contributed by atoms with Gasteiger partial charge in [-0.3, -0.25) is 4.79 Å². The molecule has 0 saturated carbocycles.